The zero-order valence-corrected chi connectivity index (χ0v) is 17.6. The Balaban J connectivity index is 1.96. The molecule has 1 aromatic carbocycles. The molecule has 0 amide bonds. The number of rotatable bonds is 12. The van der Waals surface area contributed by atoms with Crippen LogP contribution in [0.2, 0.25) is 0 Å². The van der Waals surface area contributed by atoms with E-state index in [1.807, 2.05) is 6.92 Å². The van der Waals surface area contributed by atoms with Gasteiger partial charge < -0.3 is 19.1 Å². The van der Waals surface area contributed by atoms with Crippen LogP contribution in [0.5, 0.6) is 5.75 Å². The second-order valence-electron chi connectivity index (χ2n) is 7.29. The maximum absolute atomic E-state index is 12.3. The number of H-pyrrole nitrogens is 1. The van der Waals surface area contributed by atoms with E-state index in [0.29, 0.717) is 42.6 Å². The van der Waals surface area contributed by atoms with Gasteiger partial charge in [-0.1, -0.05) is 12.8 Å². The molecule has 0 unspecified atom stereocenters. The number of carboxylic acid groups (broad SMARTS) is 1. The number of aromatic amines is 1. The molecule has 170 valence electrons. The van der Waals surface area contributed by atoms with E-state index in [2.05, 4.69) is 19.7 Å². The number of carboxylic acids is 1. The lowest BCUT2D eigenvalue weighted by Crippen LogP contribution is -2.29. The normalized spacial score (nSPS) is 11.0. The molecule has 1 aromatic rings. The summed E-state index contributed by atoms with van der Waals surface area (Å²) in [6.45, 7) is 2.90. The molecule has 0 aromatic heterocycles. The lowest BCUT2D eigenvalue weighted by Gasteiger charge is -2.18. The monoisotopic (exact) mass is 444 g/mol. The number of ether oxygens (including phenoxy) is 2. The molecule has 0 aliphatic carbocycles. The molecule has 0 saturated carbocycles. The molecule has 0 spiro atoms. The van der Waals surface area contributed by atoms with Gasteiger partial charge >= 0.3 is 11.7 Å². The predicted molar refractivity (Wildman–Crippen MR) is 114 cm³/mol. The topological polar surface area (TPSA) is 153 Å². The molecule has 0 fully saturated rings. The minimum absolute atomic E-state index is 0.0652. The van der Waals surface area contributed by atoms with Crippen molar-refractivity contribution in [2.45, 2.75) is 45.6 Å². The highest BCUT2D eigenvalue weighted by Crippen LogP contribution is 2.28. The van der Waals surface area contributed by atoms with Crippen molar-refractivity contribution < 1.29 is 24.2 Å². The average Bonchev–Trinajstić information content (AvgIpc) is 2.74. The number of carbonyl (C=O) groups is 2. The number of aliphatic carboxylic acids is 1. The SMILES string of the molecule is Cc1cc2nc3c(=O)[nH]c(=O)nc-3n(CCCCCCC(=O)O)c2cc1OCCOC=O. The van der Waals surface area contributed by atoms with Crippen LogP contribution in [0.4, 0.5) is 0 Å². The van der Waals surface area contributed by atoms with E-state index in [4.69, 9.17) is 9.84 Å². The molecule has 11 nitrogen and oxygen atoms in total. The van der Waals surface area contributed by atoms with Gasteiger partial charge in [-0.25, -0.2) is 9.78 Å². The fraction of sp³-hybridized carbons (Fsp3) is 0.429. The van der Waals surface area contributed by atoms with Crippen LogP contribution in [0, 0.1) is 6.92 Å². The summed E-state index contributed by atoms with van der Waals surface area (Å²) in [7, 11) is 0. The number of benzene rings is 1. The van der Waals surface area contributed by atoms with Crippen molar-refractivity contribution in [2.24, 2.45) is 0 Å². The largest absolute Gasteiger partial charge is 0.490 e. The molecular weight excluding hydrogens is 420 g/mol. The Hall–Kier alpha value is -3.76. The number of hydrogen-bond acceptors (Lipinski definition) is 8. The average molecular weight is 444 g/mol. The maximum atomic E-state index is 12.3. The summed E-state index contributed by atoms with van der Waals surface area (Å²) in [5.74, 6) is -0.0928. The Morgan fingerprint density at radius 3 is 2.69 bits per heavy atom. The predicted octanol–water partition coefficient (Wildman–Crippen LogP) is 1.48. The van der Waals surface area contributed by atoms with Gasteiger partial charge in [0.1, 0.15) is 19.0 Å². The maximum Gasteiger partial charge on any atom is 0.349 e. The van der Waals surface area contributed by atoms with Crippen molar-refractivity contribution in [3.8, 4) is 17.3 Å². The van der Waals surface area contributed by atoms with Crippen molar-refractivity contribution in [3.63, 3.8) is 0 Å². The lowest BCUT2D eigenvalue weighted by molar-refractivity contribution is -0.137. The quantitative estimate of drug-likeness (QED) is 0.240. The lowest BCUT2D eigenvalue weighted by atomic mass is 10.1. The summed E-state index contributed by atoms with van der Waals surface area (Å²) in [4.78, 5) is 55.7. The summed E-state index contributed by atoms with van der Waals surface area (Å²) >= 11 is 0. The van der Waals surface area contributed by atoms with Crippen LogP contribution in [0.3, 0.4) is 0 Å². The van der Waals surface area contributed by atoms with Gasteiger partial charge in [0.15, 0.2) is 11.5 Å². The molecule has 11 heteroatoms. The molecule has 0 radical (unpaired) electrons. The van der Waals surface area contributed by atoms with Crippen molar-refractivity contribution in [3.05, 3.63) is 38.5 Å². The van der Waals surface area contributed by atoms with Gasteiger partial charge in [-0.15, -0.1) is 0 Å². The molecule has 2 N–H and O–H groups in total. The Morgan fingerprint density at radius 1 is 1.16 bits per heavy atom. The molecule has 2 aliphatic heterocycles. The zero-order chi connectivity index (χ0) is 23.1. The zero-order valence-electron chi connectivity index (χ0n) is 17.6. The molecule has 2 aliphatic rings. The summed E-state index contributed by atoms with van der Waals surface area (Å²) < 4.78 is 12.1. The number of nitrogens with zero attached hydrogens (tertiary/aromatic N) is 3. The molecule has 3 rings (SSSR count). The first-order valence-corrected chi connectivity index (χ1v) is 10.3. The molecule has 2 heterocycles. The number of nitrogens with one attached hydrogen (secondary N) is 1. The van der Waals surface area contributed by atoms with E-state index in [1.54, 1.807) is 16.7 Å². The van der Waals surface area contributed by atoms with E-state index in [1.165, 1.54) is 0 Å². The summed E-state index contributed by atoms with van der Waals surface area (Å²) in [5, 5.41) is 8.76. The van der Waals surface area contributed by atoms with Crippen molar-refractivity contribution in [2.75, 3.05) is 13.2 Å². The smallest absolute Gasteiger partial charge is 0.349 e. The van der Waals surface area contributed by atoms with Gasteiger partial charge in [-0.3, -0.25) is 19.4 Å². The number of aryl methyl sites for hydroxylation is 2. The summed E-state index contributed by atoms with van der Waals surface area (Å²) in [6.07, 6.45) is 2.92. The highest BCUT2D eigenvalue weighted by Gasteiger charge is 2.19. The van der Waals surface area contributed by atoms with E-state index in [-0.39, 0.29) is 31.2 Å². The van der Waals surface area contributed by atoms with E-state index in [9.17, 15) is 19.2 Å². The number of carbonyl (C=O) groups excluding carboxylic acids is 1. The minimum Gasteiger partial charge on any atom is -0.490 e. The van der Waals surface area contributed by atoms with E-state index in [0.717, 1.165) is 18.4 Å². The van der Waals surface area contributed by atoms with Crippen LogP contribution in [-0.2, 0) is 20.9 Å². The molecule has 0 bridgehead atoms. The van der Waals surface area contributed by atoms with E-state index >= 15 is 0 Å². The third-order valence-corrected chi connectivity index (χ3v) is 4.95. The fourth-order valence-corrected chi connectivity index (χ4v) is 3.46. The van der Waals surface area contributed by atoms with Crippen molar-refractivity contribution in [1.82, 2.24) is 19.5 Å². The van der Waals surface area contributed by atoms with E-state index < -0.39 is 17.2 Å². The number of hydrogen-bond donors (Lipinski definition) is 2. The van der Waals surface area contributed by atoms with Crippen LogP contribution >= 0.6 is 0 Å². The van der Waals surface area contributed by atoms with Crippen LogP contribution in [0.1, 0.15) is 37.7 Å². The first-order chi connectivity index (χ1) is 15.4. The Labute approximate surface area is 182 Å². The number of fused-ring (bicyclic) bond motifs is 2. The minimum atomic E-state index is -0.821. The second kappa shape index (κ2) is 10.5. The third kappa shape index (κ3) is 5.48. The first-order valence-electron chi connectivity index (χ1n) is 10.3. The van der Waals surface area contributed by atoms with Gasteiger partial charge in [-0.2, -0.15) is 4.98 Å². The molecule has 0 atom stereocenters. The molecule has 32 heavy (non-hydrogen) atoms. The van der Waals surface area contributed by atoms with Crippen LogP contribution in [0.25, 0.3) is 22.6 Å². The second-order valence-corrected chi connectivity index (χ2v) is 7.29. The summed E-state index contributed by atoms with van der Waals surface area (Å²) in [5.41, 5.74) is 0.659. The third-order valence-electron chi connectivity index (χ3n) is 4.95. The fourth-order valence-electron chi connectivity index (χ4n) is 3.46. The van der Waals surface area contributed by atoms with Gasteiger partial charge in [0, 0.05) is 19.0 Å². The van der Waals surface area contributed by atoms with Gasteiger partial charge in [0.05, 0.1) is 11.0 Å². The van der Waals surface area contributed by atoms with Gasteiger partial charge in [0.2, 0.25) is 0 Å². The van der Waals surface area contributed by atoms with Crippen LogP contribution in [0.15, 0.2) is 21.7 Å². The number of aromatic nitrogens is 4. The molecule has 0 saturated heterocycles. The number of unbranched alkanes of at least 4 members (excludes halogenated alkanes) is 3. The molecular formula is C21H24N4O7. The Bertz CT molecular complexity index is 1200. The van der Waals surface area contributed by atoms with Crippen LogP contribution in [-0.4, -0.2) is 50.3 Å². The van der Waals surface area contributed by atoms with Crippen molar-refractivity contribution in [1.29, 1.82) is 0 Å². The highest BCUT2D eigenvalue weighted by molar-refractivity contribution is 5.82. The van der Waals surface area contributed by atoms with Gasteiger partial charge in [-0.05, 0) is 31.4 Å². The van der Waals surface area contributed by atoms with Gasteiger partial charge in [0.25, 0.3) is 12.0 Å². The van der Waals surface area contributed by atoms with Crippen LogP contribution < -0.4 is 16.0 Å². The Kier molecular flexibility index (Phi) is 7.53. The summed E-state index contributed by atoms with van der Waals surface area (Å²) in [6, 6.07) is 3.54. The Morgan fingerprint density at radius 2 is 1.94 bits per heavy atom. The standard InChI is InChI=1S/C21H24N4O7/c1-13-10-14-15(11-16(13)32-9-8-31-12-26)25(7-5-3-2-4-6-17(27)28)19-18(22-14)20(29)24-21(30)23-19/h10-12H,2-9H2,1H3,(H,27,28)(H,24,29,30). The van der Waals surface area contributed by atoms with Crippen molar-refractivity contribution >= 4 is 23.5 Å². The first kappa shape index (κ1) is 22.9. The highest BCUT2D eigenvalue weighted by atomic mass is 16.5.